The predicted molar refractivity (Wildman–Crippen MR) is 66.5 cm³/mol. The van der Waals surface area contributed by atoms with E-state index in [9.17, 15) is 22.8 Å². The molecule has 8 heteroatoms. The van der Waals surface area contributed by atoms with Crippen LogP contribution in [0, 0.1) is 0 Å². The van der Waals surface area contributed by atoms with Gasteiger partial charge in [0.2, 0.25) is 5.76 Å². The summed E-state index contributed by atoms with van der Waals surface area (Å²) in [6, 6.07) is 1.67. The van der Waals surface area contributed by atoms with Gasteiger partial charge < -0.3 is 19.3 Å². The molecule has 0 aliphatic heterocycles. The first kappa shape index (κ1) is 17.1. The van der Waals surface area contributed by atoms with Gasteiger partial charge in [0.1, 0.15) is 11.4 Å². The summed E-state index contributed by atoms with van der Waals surface area (Å²) < 4.78 is 47.0. The Morgan fingerprint density at radius 2 is 1.71 bits per heavy atom. The van der Waals surface area contributed by atoms with E-state index in [1.807, 2.05) is 0 Å². The van der Waals surface area contributed by atoms with E-state index in [0.29, 0.717) is 6.07 Å². The molecule has 0 saturated heterocycles. The molecule has 1 unspecified atom stereocenters. The van der Waals surface area contributed by atoms with E-state index in [4.69, 9.17) is 4.74 Å². The van der Waals surface area contributed by atoms with Crippen LogP contribution in [0.2, 0.25) is 0 Å². The smallest absolute Gasteiger partial charge is 0.449 e. The molecule has 0 aliphatic carbocycles. The number of alkyl carbamates (subject to hydrolysis) is 1. The standard InChI is InChI=1S/C13H16F3NO4/c1-11(2,3)21-10(19)17-12(4,7-18)8-5-6-9(20-8)13(14,15)16/h5-7H,1-4H3,(H,17,19). The van der Waals surface area contributed by atoms with Gasteiger partial charge in [-0.2, -0.15) is 13.2 Å². The highest BCUT2D eigenvalue weighted by Crippen LogP contribution is 2.33. The molecule has 1 atom stereocenters. The Labute approximate surface area is 119 Å². The molecule has 1 rings (SSSR count). The summed E-state index contributed by atoms with van der Waals surface area (Å²) in [7, 11) is 0. The quantitative estimate of drug-likeness (QED) is 0.870. The van der Waals surface area contributed by atoms with Crippen LogP contribution >= 0.6 is 0 Å². The maximum Gasteiger partial charge on any atom is 0.449 e. The van der Waals surface area contributed by atoms with Crippen LogP contribution in [-0.4, -0.2) is 18.0 Å². The lowest BCUT2D eigenvalue weighted by molar-refractivity contribution is -0.154. The molecule has 0 saturated carbocycles. The molecule has 21 heavy (non-hydrogen) atoms. The second-order valence-electron chi connectivity index (χ2n) is 5.61. The maximum atomic E-state index is 12.5. The molecule has 0 aliphatic rings. The third-order valence-corrected chi connectivity index (χ3v) is 2.39. The number of furan rings is 1. The van der Waals surface area contributed by atoms with Crippen molar-refractivity contribution in [2.24, 2.45) is 0 Å². The lowest BCUT2D eigenvalue weighted by Crippen LogP contribution is -2.46. The Morgan fingerprint density at radius 1 is 1.19 bits per heavy atom. The fourth-order valence-electron chi connectivity index (χ4n) is 1.43. The first-order valence-corrected chi connectivity index (χ1v) is 6.02. The van der Waals surface area contributed by atoms with Crippen molar-refractivity contribution in [1.82, 2.24) is 5.32 Å². The van der Waals surface area contributed by atoms with Gasteiger partial charge in [-0.05, 0) is 39.8 Å². The Balaban J connectivity index is 2.97. The van der Waals surface area contributed by atoms with Gasteiger partial charge in [0.25, 0.3) is 0 Å². The number of rotatable bonds is 3. The number of halogens is 3. The third kappa shape index (κ3) is 4.51. The minimum atomic E-state index is -4.67. The van der Waals surface area contributed by atoms with Crippen LogP contribution < -0.4 is 5.32 Å². The van der Waals surface area contributed by atoms with E-state index in [2.05, 4.69) is 9.73 Å². The summed E-state index contributed by atoms with van der Waals surface area (Å²) in [6.07, 6.45) is -5.34. The van der Waals surface area contributed by atoms with Crippen molar-refractivity contribution in [3.05, 3.63) is 23.7 Å². The number of hydrogen-bond acceptors (Lipinski definition) is 4. The topological polar surface area (TPSA) is 68.5 Å². The van der Waals surface area contributed by atoms with E-state index >= 15 is 0 Å². The van der Waals surface area contributed by atoms with Crippen molar-refractivity contribution < 1.29 is 31.9 Å². The number of alkyl halides is 3. The van der Waals surface area contributed by atoms with Gasteiger partial charge >= 0.3 is 12.3 Å². The van der Waals surface area contributed by atoms with Crippen molar-refractivity contribution in [3.8, 4) is 0 Å². The summed E-state index contributed by atoms with van der Waals surface area (Å²) in [5, 5.41) is 2.19. The lowest BCUT2D eigenvalue weighted by atomic mass is 10.0. The lowest BCUT2D eigenvalue weighted by Gasteiger charge is -2.26. The molecule has 1 N–H and O–H groups in total. The largest absolute Gasteiger partial charge is 0.454 e. The number of amides is 1. The second-order valence-corrected chi connectivity index (χ2v) is 5.61. The van der Waals surface area contributed by atoms with Crippen molar-refractivity contribution in [1.29, 1.82) is 0 Å². The van der Waals surface area contributed by atoms with Crippen molar-refractivity contribution in [2.45, 2.75) is 45.0 Å². The number of carbonyl (C=O) groups is 2. The van der Waals surface area contributed by atoms with Crippen molar-refractivity contribution in [3.63, 3.8) is 0 Å². The first-order chi connectivity index (χ1) is 9.37. The molecule has 0 bridgehead atoms. The van der Waals surface area contributed by atoms with Crippen LogP contribution in [0.25, 0.3) is 0 Å². The van der Waals surface area contributed by atoms with Gasteiger partial charge in [0.15, 0.2) is 11.8 Å². The third-order valence-electron chi connectivity index (χ3n) is 2.39. The molecule has 1 aromatic heterocycles. The zero-order chi connectivity index (χ0) is 16.5. The number of carbonyl (C=O) groups excluding carboxylic acids is 2. The minimum absolute atomic E-state index is 0.274. The number of nitrogens with one attached hydrogen (secondary N) is 1. The van der Waals surface area contributed by atoms with Gasteiger partial charge in [-0.25, -0.2) is 4.79 Å². The SMILES string of the molecule is CC(C)(C)OC(=O)NC(C)(C=O)c1ccc(C(F)(F)F)o1. The second kappa shape index (κ2) is 5.42. The zero-order valence-electron chi connectivity index (χ0n) is 12.0. The molecule has 118 valence electrons. The van der Waals surface area contributed by atoms with Gasteiger partial charge in [-0.3, -0.25) is 0 Å². The Morgan fingerprint density at radius 3 is 2.10 bits per heavy atom. The molecule has 5 nitrogen and oxygen atoms in total. The van der Waals surface area contributed by atoms with E-state index in [-0.39, 0.29) is 12.0 Å². The van der Waals surface area contributed by atoms with Crippen LogP contribution in [0.5, 0.6) is 0 Å². The maximum absolute atomic E-state index is 12.5. The fraction of sp³-hybridized carbons (Fsp3) is 0.538. The normalized spacial score (nSPS) is 15.2. The molecule has 1 aromatic rings. The summed E-state index contributed by atoms with van der Waals surface area (Å²) >= 11 is 0. The van der Waals surface area contributed by atoms with Gasteiger partial charge in [-0.1, -0.05) is 0 Å². The van der Waals surface area contributed by atoms with Crippen LogP contribution in [0.3, 0.4) is 0 Å². The molecule has 0 radical (unpaired) electrons. The summed E-state index contributed by atoms with van der Waals surface area (Å²) in [4.78, 5) is 22.8. The summed E-state index contributed by atoms with van der Waals surface area (Å²) in [6.45, 7) is 6.04. The highest BCUT2D eigenvalue weighted by Gasteiger charge is 2.39. The van der Waals surface area contributed by atoms with E-state index in [0.717, 1.165) is 6.07 Å². The first-order valence-electron chi connectivity index (χ1n) is 6.02. The number of aldehydes is 1. The zero-order valence-corrected chi connectivity index (χ0v) is 12.0. The Bertz CT molecular complexity index is 530. The average molecular weight is 307 g/mol. The average Bonchev–Trinajstić information content (AvgIpc) is 2.75. The van der Waals surface area contributed by atoms with Gasteiger partial charge in [-0.15, -0.1) is 0 Å². The van der Waals surface area contributed by atoms with Crippen molar-refractivity contribution >= 4 is 12.4 Å². The van der Waals surface area contributed by atoms with E-state index in [1.165, 1.54) is 6.92 Å². The molecule has 0 spiro atoms. The molecule has 1 amide bonds. The van der Waals surface area contributed by atoms with Crippen LogP contribution in [0.15, 0.2) is 16.5 Å². The fourth-order valence-corrected chi connectivity index (χ4v) is 1.43. The molecular formula is C13H16F3NO4. The molecular weight excluding hydrogens is 291 g/mol. The number of hydrogen-bond donors (Lipinski definition) is 1. The van der Waals surface area contributed by atoms with Crippen LogP contribution in [0.1, 0.15) is 39.2 Å². The predicted octanol–water partition coefficient (Wildman–Crippen LogP) is 3.24. The van der Waals surface area contributed by atoms with Gasteiger partial charge in [0, 0.05) is 0 Å². The van der Waals surface area contributed by atoms with Crippen LogP contribution in [0.4, 0.5) is 18.0 Å². The molecule has 0 aromatic carbocycles. The summed E-state index contributed by atoms with van der Waals surface area (Å²) in [5.41, 5.74) is -2.57. The number of ether oxygens (including phenoxy) is 1. The van der Waals surface area contributed by atoms with Gasteiger partial charge in [0.05, 0.1) is 0 Å². The van der Waals surface area contributed by atoms with Crippen LogP contribution in [-0.2, 0) is 21.2 Å². The monoisotopic (exact) mass is 307 g/mol. The Kier molecular flexibility index (Phi) is 4.40. The molecule has 1 heterocycles. The highest BCUT2D eigenvalue weighted by molar-refractivity contribution is 5.77. The summed E-state index contributed by atoms with van der Waals surface area (Å²) in [5.74, 6) is -1.59. The Hall–Kier alpha value is -1.99. The van der Waals surface area contributed by atoms with Crippen molar-refractivity contribution in [2.75, 3.05) is 0 Å². The van der Waals surface area contributed by atoms with E-state index < -0.39 is 29.2 Å². The minimum Gasteiger partial charge on any atom is -0.454 e. The molecule has 0 fully saturated rings. The highest BCUT2D eigenvalue weighted by atomic mass is 19.4. The van der Waals surface area contributed by atoms with E-state index in [1.54, 1.807) is 20.8 Å².